The molecule has 6 heteroatoms. The maximum absolute atomic E-state index is 12.3. The lowest BCUT2D eigenvalue weighted by atomic mass is 10.1. The van der Waals surface area contributed by atoms with Crippen molar-refractivity contribution in [2.24, 2.45) is 5.73 Å². The van der Waals surface area contributed by atoms with Crippen LogP contribution >= 0.6 is 0 Å². The highest BCUT2D eigenvalue weighted by Gasteiger charge is 2.27. The molecule has 1 amide bonds. The van der Waals surface area contributed by atoms with E-state index in [0.717, 1.165) is 5.56 Å². The minimum absolute atomic E-state index is 0.201. The topological polar surface area (TPSA) is 91.5 Å². The van der Waals surface area contributed by atoms with Crippen molar-refractivity contribution in [3.63, 3.8) is 0 Å². The zero-order chi connectivity index (χ0) is 15.5. The molecule has 0 aliphatic carbocycles. The standard InChI is InChI=1S/C16H12N2O4/c17-15(19)9-21-11-1-2-12-13(8-11)22-14(16(12)20)7-10-3-5-18-6-4-10/h1-8H,9H2,(H2,17,19). The van der Waals surface area contributed by atoms with E-state index in [1.807, 2.05) is 0 Å². The summed E-state index contributed by atoms with van der Waals surface area (Å²) >= 11 is 0. The van der Waals surface area contributed by atoms with Gasteiger partial charge in [0.2, 0.25) is 5.78 Å². The number of pyridine rings is 1. The van der Waals surface area contributed by atoms with Crippen LogP contribution in [0.25, 0.3) is 6.08 Å². The van der Waals surface area contributed by atoms with Crippen molar-refractivity contribution in [3.8, 4) is 11.5 Å². The first-order chi connectivity index (χ1) is 10.6. The predicted octanol–water partition coefficient (Wildman–Crippen LogP) is 1.56. The molecule has 2 N–H and O–H groups in total. The van der Waals surface area contributed by atoms with Gasteiger partial charge in [0.05, 0.1) is 5.56 Å². The highest BCUT2D eigenvalue weighted by molar-refractivity contribution is 6.14. The Balaban J connectivity index is 1.84. The molecule has 22 heavy (non-hydrogen) atoms. The number of benzene rings is 1. The second-order valence-electron chi connectivity index (χ2n) is 4.63. The van der Waals surface area contributed by atoms with Crippen LogP contribution in [0.15, 0.2) is 48.5 Å². The van der Waals surface area contributed by atoms with E-state index in [9.17, 15) is 9.59 Å². The Morgan fingerprint density at radius 3 is 2.77 bits per heavy atom. The summed E-state index contributed by atoms with van der Waals surface area (Å²) < 4.78 is 10.8. The van der Waals surface area contributed by atoms with Crippen molar-refractivity contribution in [3.05, 3.63) is 59.6 Å². The summed E-state index contributed by atoms with van der Waals surface area (Å²) in [6.45, 7) is -0.230. The number of allylic oxidation sites excluding steroid dienone is 1. The first-order valence-electron chi connectivity index (χ1n) is 6.53. The van der Waals surface area contributed by atoms with E-state index < -0.39 is 5.91 Å². The lowest BCUT2D eigenvalue weighted by Crippen LogP contribution is -2.19. The van der Waals surface area contributed by atoms with Crippen LogP contribution in [-0.2, 0) is 4.79 Å². The summed E-state index contributed by atoms with van der Waals surface area (Å²) in [5, 5.41) is 0. The second-order valence-corrected chi connectivity index (χ2v) is 4.63. The Labute approximate surface area is 126 Å². The Morgan fingerprint density at radius 1 is 1.27 bits per heavy atom. The first kappa shape index (κ1) is 13.8. The number of hydrogen-bond acceptors (Lipinski definition) is 5. The Kier molecular flexibility index (Phi) is 3.57. The molecule has 1 aromatic carbocycles. The Bertz CT molecular complexity index is 769. The van der Waals surface area contributed by atoms with Crippen LogP contribution in [0.1, 0.15) is 15.9 Å². The zero-order valence-electron chi connectivity index (χ0n) is 11.5. The second kappa shape index (κ2) is 5.69. The molecule has 0 atom stereocenters. The van der Waals surface area contributed by atoms with Gasteiger partial charge in [-0.15, -0.1) is 0 Å². The van der Waals surface area contributed by atoms with Crippen LogP contribution in [0, 0.1) is 0 Å². The lowest BCUT2D eigenvalue weighted by molar-refractivity contribution is -0.119. The number of ketones is 1. The summed E-state index contributed by atoms with van der Waals surface area (Å²) in [6.07, 6.45) is 4.91. The van der Waals surface area contributed by atoms with Gasteiger partial charge >= 0.3 is 0 Å². The number of Topliss-reactive ketones (excluding diaryl/α,β-unsaturated/α-hetero) is 1. The monoisotopic (exact) mass is 296 g/mol. The molecule has 0 fully saturated rings. The van der Waals surface area contributed by atoms with Gasteiger partial charge in [-0.25, -0.2) is 0 Å². The highest BCUT2D eigenvalue weighted by Crippen LogP contribution is 2.34. The number of aromatic nitrogens is 1. The highest BCUT2D eigenvalue weighted by atomic mass is 16.5. The number of nitrogens with zero attached hydrogens (tertiary/aromatic N) is 1. The van der Waals surface area contributed by atoms with Crippen LogP contribution < -0.4 is 15.2 Å². The van der Waals surface area contributed by atoms with E-state index >= 15 is 0 Å². The fourth-order valence-electron chi connectivity index (χ4n) is 2.02. The van der Waals surface area contributed by atoms with Crippen molar-refractivity contribution in [2.75, 3.05) is 6.61 Å². The van der Waals surface area contributed by atoms with Crippen LogP contribution in [0.2, 0.25) is 0 Å². The van der Waals surface area contributed by atoms with E-state index in [1.165, 1.54) is 0 Å². The summed E-state index contributed by atoms with van der Waals surface area (Å²) in [5.41, 5.74) is 6.29. The third-order valence-electron chi connectivity index (χ3n) is 3.03. The maximum Gasteiger partial charge on any atom is 0.255 e. The Morgan fingerprint density at radius 2 is 2.05 bits per heavy atom. The van der Waals surface area contributed by atoms with Gasteiger partial charge in [0.15, 0.2) is 12.4 Å². The molecule has 1 aliphatic rings. The minimum Gasteiger partial charge on any atom is -0.484 e. The molecule has 6 nitrogen and oxygen atoms in total. The summed E-state index contributed by atoms with van der Waals surface area (Å²) in [7, 11) is 0. The van der Waals surface area contributed by atoms with Gasteiger partial charge in [0, 0.05) is 18.5 Å². The molecule has 110 valence electrons. The Hall–Kier alpha value is -3.15. The predicted molar refractivity (Wildman–Crippen MR) is 78.3 cm³/mol. The summed E-state index contributed by atoms with van der Waals surface area (Å²) in [6, 6.07) is 8.30. The maximum atomic E-state index is 12.3. The summed E-state index contributed by atoms with van der Waals surface area (Å²) in [4.78, 5) is 26.9. The van der Waals surface area contributed by atoms with Crippen LogP contribution in [0.4, 0.5) is 0 Å². The number of hydrogen-bond donors (Lipinski definition) is 1. The normalized spacial score (nSPS) is 14.5. The molecule has 1 aromatic heterocycles. The van der Waals surface area contributed by atoms with Crippen LogP contribution in [-0.4, -0.2) is 23.3 Å². The molecule has 2 heterocycles. The van der Waals surface area contributed by atoms with Gasteiger partial charge in [0.1, 0.15) is 11.5 Å². The SMILES string of the molecule is NC(=O)COc1ccc2c(c1)OC(=Cc1ccncc1)C2=O. The molecule has 0 saturated heterocycles. The van der Waals surface area contributed by atoms with Crippen molar-refractivity contribution in [1.82, 2.24) is 4.98 Å². The van der Waals surface area contributed by atoms with Crippen molar-refractivity contribution < 1.29 is 19.1 Å². The number of fused-ring (bicyclic) bond motifs is 1. The average Bonchev–Trinajstić information content (AvgIpc) is 2.82. The van der Waals surface area contributed by atoms with Crippen LogP contribution in [0.3, 0.4) is 0 Å². The molecule has 0 bridgehead atoms. The van der Waals surface area contributed by atoms with E-state index in [0.29, 0.717) is 17.1 Å². The molecule has 0 radical (unpaired) electrons. The molecule has 3 rings (SSSR count). The molecular formula is C16H12N2O4. The smallest absolute Gasteiger partial charge is 0.255 e. The summed E-state index contributed by atoms with van der Waals surface area (Å²) in [5.74, 6) is 0.264. The van der Waals surface area contributed by atoms with Gasteiger partial charge in [0.25, 0.3) is 5.91 Å². The van der Waals surface area contributed by atoms with E-state index in [1.54, 1.807) is 48.8 Å². The molecule has 0 saturated carbocycles. The number of carbonyl (C=O) groups excluding carboxylic acids is 2. The largest absolute Gasteiger partial charge is 0.484 e. The lowest BCUT2D eigenvalue weighted by Gasteiger charge is -2.04. The number of amides is 1. The molecular weight excluding hydrogens is 284 g/mol. The third kappa shape index (κ3) is 2.80. The number of carbonyl (C=O) groups is 2. The van der Waals surface area contributed by atoms with E-state index in [4.69, 9.17) is 15.2 Å². The first-order valence-corrected chi connectivity index (χ1v) is 6.53. The van der Waals surface area contributed by atoms with Gasteiger partial charge < -0.3 is 15.2 Å². The molecule has 0 unspecified atom stereocenters. The molecule has 1 aliphatic heterocycles. The fraction of sp³-hybridized carbons (Fsp3) is 0.0625. The fourth-order valence-corrected chi connectivity index (χ4v) is 2.02. The molecule has 0 spiro atoms. The van der Waals surface area contributed by atoms with Crippen molar-refractivity contribution in [1.29, 1.82) is 0 Å². The zero-order valence-corrected chi connectivity index (χ0v) is 11.5. The van der Waals surface area contributed by atoms with Gasteiger partial charge in [-0.1, -0.05) is 0 Å². The number of ether oxygens (including phenoxy) is 2. The molecule has 2 aromatic rings. The number of primary amides is 1. The van der Waals surface area contributed by atoms with E-state index in [2.05, 4.69) is 4.98 Å². The van der Waals surface area contributed by atoms with Gasteiger partial charge in [-0.05, 0) is 35.9 Å². The van der Waals surface area contributed by atoms with E-state index in [-0.39, 0.29) is 18.1 Å². The van der Waals surface area contributed by atoms with Crippen molar-refractivity contribution in [2.45, 2.75) is 0 Å². The quantitative estimate of drug-likeness (QED) is 0.864. The van der Waals surface area contributed by atoms with Crippen LogP contribution in [0.5, 0.6) is 11.5 Å². The third-order valence-corrected chi connectivity index (χ3v) is 3.03. The number of nitrogens with two attached hydrogens (primary N) is 1. The number of rotatable bonds is 4. The van der Waals surface area contributed by atoms with Crippen molar-refractivity contribution >= 4 is 17.8 Å². The minimum atomic E-state index is -0.573. The van der Waals surface area contributed by atoms with Gasteiger partial charge in [-0.3, -0.25) is 14.6 Å². The van der Waals surface area contributed by atoms with Gasteiger partial charge in [-0.2, -0.15) is 0 Å². The average molecular weight is 296 g/mol.